The van der Waals surface area contributed by atoms with Crippen LogP contribution in [0.5, 0.6) is 11.5 Å². The van der Waals surface area contributed by atoms with Crippen molar-refractivity contribution >= 4 is 5.97 Å². The maximum absolute atomic E-state index is 10.5. The van der Waals surface area contributed by atoms with Crippen LogP contribution in [-0.2, 0) is 0 Å². The van der Waals surface area contributed by atoms with Crippen LogP contribution >= 0.6 is 0 Å². The van der Waals surface area contributed by atoms with E-state index in [1.807, 2.05) is 0 Å². The second-order valence-electron chi connectivity index (χ2n) is 2.30. The van der Waals surface area contributed by atoms with Crippen molar-refractivity contribution in [2.45, 2.75) is 0 Å². The Morgan fingerprint density at radius 1 is 1.38 bits per heavy atom. The molecule has 1 rings (SSSR count). The molecular weight excluding hydrogens is 174 g/mol. The summed E-state index contributed by atoms with van der Waals surface area (Å²) in [6, 6.07) is 3.34. The number of hydrogen-bond donors (Lipinski definition) is 3. The fourth-order valence-corrected chi connectivity index (χ4v) is 0.898. The van der Waals surface area contributed by atoms with Crippen molar-refractivity contribution < 1.29 is 20.1 Å². The first kappa shape index (κ1) is 8.87. The van der Waals surface area contributed by atoms with Crippen LogP contribution in [0, 0.1) is 11.3 Å². The van der Waals surface area contributed by atoms with Crippen LogP contribution in [0.25, 0.3) is 0 Å². The van der Waals surface area contributed by atoms with Crippen molar-refractivity contribution in [3.63, 3.8) is 0 Å². The molecule has 0 atom stereocenters. The normalized spacial score (nSPS) is 9.15. The Labute approximate surface area is 73.1 Å². The van der Waals surface area contributed by atoms with Gasteiger partial charge in [0, 0.05) is 6.07 Å². The van der Waals surface area contributed by atoms with Gasteiger partial charge in [-0.15, -0.1) is 0 Å². The molecule has 0 aliphatic heterocycles. The molecule has 0 spiro atoms. The molecule has 13 heavy (non-hydrogen) atoms. The molecule has 66 valence electrons. The van der Waals surface area contributed by atoms with Crippen molar-refractivity contribution in [1.82, 2.24) is 0 Å². The lowest BCUT2D eigenvalue weighted by atomic mass is 10.1. The number of rotatable bonds is 1. The summed E-state index contributed by atoms with van der Waals surface area (Å²) < 4.78 is 0. The quantitative estimate of drug-likeness (QED) is 0.588. The molecule has 0 heterocycles. The molecule has 5 nitrogen and oxygen atoms in total. The summed E-state index contributed by atoms with van der Waals surface area (Å²) in [6.45, 7) is 0. The Bertz CT molecular complexity index is 405. The molecule has 3 N–H and O–H groups in total. The predicted molar refractivity (Wildman–Crippen MR) is 41.4 cm³/mol. The van der Waals surface area contributed by atoms with Crippen LogP contribution in [-0.4, -0.2) is 21.3 Å². The summed E-state index contributed by atoms with van der Waals surface area (Å²) in [4.78, 5) is 10.5. The van der Waals surface area contributed by atoms with Gasteiger partial charge in [-0.3, -0.25) is 0 Å². The Kier molecular flexibility index (Phi) is 2.07. The molecule has 0 aliphatic carbocycles. The lowest BCUT2D eigenvalue weighted by molar-refractivity contribution is 0.0695. The number of nitriles is 1. The number of aromatic hydroxyl groups is 2. The third kappa shape index (κ3) is 1.51. The molecule has 1 aromatic rings. The molecule has 1 aromatic carbocycles. The van der Waals surface area contributed by atoms with Gasteiger partial charge in [0.2, 0.25) is 0 Å². The fourth-order valence-electron chi connectivity index (χ4n) is 0.898. The minimum atomic E-state index is -1.37. The molecule has 0 aliphatic rings. The number of nitrogens with zero attached hydrogens (tertiary/aromatic N) is 1. The van der Waals surface area contributed by atoms with E-state index in [2.05, 4.69) is 0 Å². The minimum Gasteiger partial charge on any atom is -0.508 e. The highest BCUT2D eigenvalue weighted by molar-refractivity contribution is 5.92. The third-order valence-corrected chi connectivity index (χ3v) is 1.44. The van der Waals surface area contributed by atoms with Crippen molar-refractivity contribution in [1.29, 1.82) is 5.26 Å². The first-order valence-electron chi connectivity index (χ1n) is 3.25. The number of aromatic carboxylic acids is 1. The van der Waals surface area contributed by atoms with Gasteiger partial charge in [0.1, 0.15) is 23.1 Å². The van der Waals surface area contributed by atoms with Crippen LogP contribution in [0.1, 0.15) is 15.9 Å². The summed E-state index contributed by atoms with van der Waals surface area (Å²) in [7, 11) is 0. The van der Waals surface area contributed by atoms with Crippen molar-refractivity contribution in [3.8, 4) is 17.6 Å². The Morgan fingerprint density at radius 3 is 2.46 bits per heavy atom. The molecule has 0 amide bonds. The van der Waals surface area contributed by atoms with E-state index in [9.17, 15) is 4.79 Å². The first-order chi connectivity index (χ1) is 6.06. The van der Waals surface area contributed by atoms with Gasteiger partial charge in [0.25, 0.3) is 0 Å². The van der Waals surface area contributed by atoms with E-state index in [0.717, 1.165) is 12.1 Å². The van der Waals surface area contributed by atoms with Gasteiger partial charge in [-0.25, -0.2) is 4.79 Å². The smallest absolute Gasteiger partial charge is 0.337 e. The van der Waals surface area contributed by atoms with Crippen LogP contribution in [0.2, 0.25) is 0 Å². The molecule has 0 saturated heterocycles. The Balaban J connectivity index is 3.50. The zero-order valence-corrected chi connectivity index (χ0v) is 6.35. The number of hydrogen-bond acceptors (Lipinski definition) is 4. The number of carbonyl (C=O) groups is 1. The van der Waals surface area contributed by atoms with Gasteiger partial charge in [-0.1, -0.05) is 0 Å². The lowest BCUT2D eigenvalue weighted by Crippen LogP contribution is -1.99. The van der Waals surface area contributed by atoms with Crippen LogP contribution in [0.15, 0.2) is 12.1 Å². The van der Waals surface area contributed by atoms with Gasteiger partial charge in [0.05, 0.1) is 5.56 Å². The lowest BCUT2D eigenvalue weighted by Gasteiger charge is -2.01. The van der Waals surface area contributed by atoms with Crippen LogP contribution < -0.4 is 0 Å². The summed E-state index contributed by atoms with van der Waals surface area (Å²) >= 11 is 0. The van der Waals surface area contributed by atoms with E-state index in [-0.39, 0.29) is 5.56 Å². The molecule has 0 bridgehead atoms. The van der Waals surface area contributed by atoms with E-state index >= 15 is 0 Å². The molecule has 5 heteroatoms. The first-order valence-corrected chi connectivity index (χ1v) is 3.25. The number of carboxylic acid groups (broad SMARTS) is 1. The van der Waals surface area contributed by atoms with Crippen molar-refractivity contribution in [2.24, 2.45) is 0 Å². The van der Waals surface area contributed by atoms with E-state index in [4.69, 9.17) is 20.6 Å². The topological polar surface area (TPSA) is 102 Å². The number of phenols is 2. The summed E-state index contributed by atoms with van der Waals surface area (Å²) in [6.07, 6.45) is 0. The zero-order chi connectivity index (χ0) is 10.0. The predicted octanol–water partition coefficient (Wildman–Crippen LogP) is 0.668. The number of phenolic OH excluding ortho intramolecular Hbond substituents is 2. The Morgan fingerprint density at radius 2 is 2.00 bits per heavy atom. The van der Waals surface area contributed by atoms with Gasteiger partial charge in [-0.2, -0.15) is 5.26 Å². The van der Waals surface area contributed by atoms with E-state index in [1.54, 1.807) is 0 Å². The zero-order valence-electron chi connectivity index (χ0n) is 6.35. The average Bonchev–Trinajstić information content (AvgIpc) is 2.02. The maximum Gasteiger partial charge on any atom is 0.337 e. The largest absolute Gasteiger partial charge is 0.508 e. The van der Waals surface area contributed by atoms with E-state index in [0.29, 0.717) is 0 Å². The van der Waals surface area contributed by atoms with Gasteiger partial charge in [0.15, 0.2) is 0 Å². The van der Waals surface area contributed by atoms with E-state index < -0.39 is 23.0 Å². The minimum absolute atomic E-state index is 0.356. The summed E-state index contributed by atoms with van der Waals surface area (Å²) in [5, 5.41) is 35.1. The van der Waals surface area contributed by atoms with Crippen LogP contribution in [0.3, 0.4) is 0 Å². The third-order valence-electron chi connectivity index (χ3n) is 1.44. The van der Waals surface area contributed by atoms with Crippen molar-refractivity contribution in [3.05, 3.63) is 23.3 Å². The molecule has 0 saturated carbocycles. The number of benzene rings is 1. The summed E-state index contributed by atoms with van der Waals surface area (Å²) in [5.41, 5.74) is -0.773. The molecule has 0 fully saturated rings. The van der Waals surface area contributed by atoms with Crippen molar-refractivity contribution in [2.75, 3.05) is 0 Å². The molecular formula is C8H5NO4. The maximum atomic E-state index is 10.5. The molecule has 0 unspecified atom stereocenters. The molecule has 0 radical (unpaired) electrons. The Hall–Kier alpha value is -2.22. The highest BCUT2D eigenvalue weighted by Gasteiger charge is 2.15. The molecule has 0 aromatic heterocycles. The monoisotopic (exact) mass is 179 g/mol. The average molecular weight is 179 g/mol. The van der Waals surface area contributed by atoms with Gasteiger partial charge in [-0.05, 0) is 6.07 Å². The van der Waals surface area contributed by atoms with Crippen LogP contribution in [0.4, 0.5) is 0 Å². The summed E-state index contributed by atoms with van der Waals surface area (Å²) in [5.74, 6) is -2.31. The highest BCUT2D eigenvalue weighted by Crippen LogP contribution is 2.26. The second-order valence-corrected chi connectivity index (χ2v) is 2.30. The second kappa shape index (κ2) is 3.03. The van der Waals surface area contributed by atoms with Gasteiger partial charge >= 0.3 is 5.97 Å². The number of carboxylic acids is 1. The van der Waals surface area contributed by atoms with E-state index in [1.165, 1.54) is 6.07 Å². The standard InChI is InChI=1S/C8H5NO4/c9-3-6-5(8(12)13)1-4(10)2-7(6)11/h1-2,10-11H,(H,12,13). The highest BCUT2D eigenvalue weighted by atomic mass is 16.4. The SMILES string of the molecule is N#Cc1c(O)cc(O)cc1C(=O)O. The van der Waals surface area contributed by atoms with Gasteiger partial charge < -0.3 is 15.3 Å². The fraction of sp³-hybridized carbons (Fsp3) is 0.